The largest absolute Gasteiger partial charge is 0.379 e. The monoisotopic (exact) mass is 493 g/mol. The van der Waals surface area contributed by atoms with E-state index in [4.69, 9.17) is 4.74 Å². The quantitative estimate of drug-likeness (QED) is 0.140. The number of nitrogens with zero attached hydrogens (tertiary/aromatic N) is 2. The Balaban J connectivity index is 1.66. The van der Waals surface area contributed by atoms with Gasteiger partial charge in [-0.15, -0.1) is 0 Å². The molecule has 0 N–H and O–H groups in total. The van der Waals surface area contributed by atoms with Gasteiger partial charge in [-0.3, -0.25) is 9.80 Å². The third-order valence-corrected chi connectivity index (χ3v) is 8.83. The van der Waals surface area contributed by atoms with Crippen LogP contribution in [0, 0.1) is 0 Å². The average Bonchev–Trinajstić information content (AvgIpc) is 2.91. The molecule has 0 bridgehead atoms. The van der Waals surface area contributed by atoms with Gasteiger partial charge in [0.15, 0.2) is 0 Å². The number of hydrogen-bond acceptors (Lipinski definition) is 3. The maximum absolute atomic E-state index is 6.31. The number of unbranched alkanes of at least 4 members (excludes halogenated alkanes) is 10. The summed E-state index contributed by atoms with van der Waals surface area (Å²) in [6, 6.07) is 1.66. The second-order valence-corrected chi connectivity index (χ2v) is 11.8. The maximum atomic E-state index is 6.31. The summed E-state index contributed by atoms with van der Waals surface area (Å²) in [6.45, 7) is 11.4. The molecule has 3 nitrogen and oxygen atoms in total. The van der Waals surface area contributed by atoms with Crippen LogP contribution in [0.3, 0.4) is 0 Å². The molecule has 35 heavy (non-hydrogen) atoms. The second kappa shape index (κ2) is 21.9. The molecule has 0 aliphatic heterocycles. The van der Waals surface area contributed by atoms with Crippen LogP contribution in [0.25, 0.3) is 0 Å². The average molecular weight is 493 g/mol. The van der Waals surface area contributed by atoms with E-state index in [9.17, 15) is 0 Å². The van der Waals surface area contributed by atoms with E-state index in [1.54, 1.807) is 0 Å². The molecule has 0 heterocycles. The Morgan fingerprint density at radius 2 is 0.829 bits per heavy atom. The van der Waals surface area contributed by atoms with E-state index in [1.807, 2.05) is 0 Å². The first-order valence-corrected chi connectivity index (χ1v) is 16.4. The van der Waals surface area contributed by atoms with E-state index in [-0.39, 0.29) is 0 Å². The first-order valence-electron chi connectivity index (χ1n) is 16.4. The molecular formula is C32H64N2O. The highest BCUT2D eigenvalue weighted by molar-refractivity contribution is 4.77. The molecule has 0 amide bonds. The minimum atomic E-state index is 0.828. The summed E-state index contributed by atoms with van der Waals surface area (Å²) < 4.78 is 6.31. The molecule has 2 saturated carbocycles. The van der Waals surface area contributed by atoms with E-state index in [1.165, 1.54) is 154 Å². The Bertz CT molecular complexity index is 405. The van der Waals surface area contributed by atoms with Crippen LogP contribution in [0.4, 0.5) is 0 Å². The van der Waals surface area contributed by atoms with Crippen LogP contribution < -0.4 is 0 Å². The summed E-state index contributed by atoms with van der Waals surface area (Å²) >= 11 is 0. The Morgan fingerprint density at radius 3 is 1.23 bits per heavy atom. The van der Waals surface area contributed by atoms with Crippen molar-refractivity contribution in [3.05, 3.63) is 0 Å². The molecule has 0 unspecified atom stereocenters. The summed E-state index contributed by atoms with van der Waals surface area (Å²) in [5.41, 5.74) is 0. The van der Waals surface area contributed by atoms with Gasteiger partial charge < -0.3 is 4.74 Å². The lowest BCUT2D eigenvalue weighted by molar-refractivity contribution is 0.0496. The predicted molar refractivity (Wildman–Crippen MR) is 154 cm³/mol. The SMILES string of the molecule is CCCCCCCCN(CCOCCN(CCCCCCCC)C1CCCCC1)C1CCCCC1. The molecule has 0 aromatic rings. The first kappa shape index (κ1) is 31.1. The molecule has 2 aliphatic carbocycles. The smallest absolute Gasteiger partial charge is 0.0594 e. The molecule has 2 aliphatic rings. The van der Waals surface area contributed by atoms with E-state index < -0.39 is 0 Å². The summed E-state index contributed by atoms with van der Waals surface area (Å²) in [6.07, 6.45) is 31.2. The van der Waals surface area contributed by atoms with Crippen LogP contribution >= 0.6 is 0 Å². The van der Waals surface area contributed by atoms with Crippen molar-refractivity contribution in [1.29, 1.82) is 0 Å². The minimum absolute atomic E-state index is 0.828. The summed E-state index contributed by atoms with van der Waals surface area (Å²) in [4.78, 5) is 5.63. The first-order chi connectivity index (χ1) is 17.3. The van der Waals surface area contributed by atoms with Gasteiger partial charge in [-0.05, 0) is 51.6 Å². The molecule has 2 rings (SSSR count). The van der Waals surface area contributed by atoms with E-state index >= 15 is 0 Å². The highest BCUT2D eigenvalue weighted by Gasteiger charge is 2.22. The number of hydrogen-bond donors (Lipinski definition) is 0. The van der Waals surface area contributed by atoms with Crippen molar-refractivity contribution < 1.29 is 4.74 Å². The van der Waals surface area contributed by atoms with Gasteiger partial charge in [0, 0.05) is 25.2 Å². The van der Waals surface area contributed by atoms with Crippen LogP contribution in [0.2, 0.25) is 0 Å². The zero-order valence-corrected chi connectivity index (χ0v) is 24.3. The Hall–Kier alpha value is -0.120. The zero-order valence-electron chi connectivity index (χ0n) is 24.3. The highest BCUT2D eigenvalue weighted by atomic mass is 16.5. The van der Waals surface area contributed by atoms with Crippen molar-refractivity contribution in [2.24, 2.45) is 0 Å². The van der Waals surface area contributed by atoms with Gasteiger partial charge in [-0.2, -0.15) is 0 Å². The molecule has 3 heteroatoms. The fraction of sp³-hybridized carbons (Fsp3) is 1.00. The van der Waals surface area contributed by atoms with Crippen molar-refractivity contribution in [1.82, 2.24) is 9.80 Å². The Labute approximate surface area is 221 Å². The minimum Gasteiger partial charge on any atom is -0.379 e. The van der Waals surface area contributed by atoms with Gasteiger partial charge in [0.1, 0.15) is 0 Å². The maximum Gasteiger partial charge on any atom is 0.0594 e. The molecule has 0 spiro atoms. The van der Waals surface area contributed by atoms with Crippen molar-refractivity contribution in [3.63, 3.8) is 0 Å². The fourth-order valence-electron chi connectivity index (χ4n) is 6.50. The van der Waals surface area contributed by atoms with Crippen LogP contribution in [0.5, 0.6) is 0 Å². The van der Waals surface area contributed by atoms with Crippen molar-refractivity contribution in [2.45, 2.75) is 167 Å². The Morgan fingerprint density at radius 1 is 0.457 bits per heavy atom. The fourth-order valence-corrected chi connectivity index (χ4v) is 6.50. The lowest BCUT2D eigenvalue weighted by Gasteiger charge is -2.35. The van der Waals surface area contributed by atoms with E-state index in [0.717, 1.165) is 38.4 Å². The summed E-state index contributed by atoms with van der Waals surface area (Å²) in [5.74, 6) is 0. The second-order valence-electron chi connectivity index (χ2n) is 11.8. The standard InChI is InChI=1S/C32H64N2O/c1-3-5-7-9-11-19-25-33(31-21-15-13-16-22-31)27-29-35-30-28-34(32-23-17-14-18-24-32)26-20-12-10-8-6-4-2/h31-32H,3-30H2,1-2H3. The topological polar surface area (TPSA) is 15.7 Å². The van der Waals surface area contributed by atoms with E-state index in [0.29, 0.717) is 0 Å². The van der Waals surface area contributed by atoms with Gasteiger partial charge in [0.25, 0.3) is 0 Å². The molecule has 0 radical (unpaired) electrons. The van der Waals surface area contributed by atoms with Gasteiger partial charge in [0.05, 0.1) is 13.2 Å². The van der Waals surface area contributed by atoms with Crippen molar-refractivity contribution in [3.8, 4) is 0 Å². The van der Waals surface area contributed by atoms with Gasteiger partial charge >= 0.3 is 0 Å². The molecule has 0 aromatic carbocycles. The van der Waals surface area contributed by atoms with E-state index in [2.05, 4.69) is 23.6 Å². The lowest BCUT2D eigenvalue weighted by atomic mass is 9.94. The van der Waals surface area contributed by atoms with Crippen LogP contribution in [0.15, 0.2) is 0 Å². The van der Waals surface area contributed by atoms with Gasteiger partial charge in [-0.1, -0.05) is 117 Å². The van der Waals surface area contributed by atoms with Crippen molar-refractivity contribution in [2.75, 3.05) is 39.4 Å². The Kier molecular flexibility index (Phi) is 19.5. The summed E-state index contributed by atoms with van der Waals surface area (Å²) in [5, 5.41) is 0. The third-order valence-electron chi connectivity index (χ3n) is 8.83. The highest BCUT2D eigenvalue weighted by Crippen LogP contribution is 2.24. The zero-order chi connectivity index (χ0) is 24.8. The normalized spacial score (nSPS) is 18.2. The molecule has 208 valence electrons. The predicted octanol–water partition coefficient (Wildman–Crippen LogP) is 8.99. The van der Waals surface area contributed by atoms with Gasteiger partial charge in [-0.25, -0.2) is 0 Å². The molecule has 0 aromatic heterocycles. The number of ether oxygens (including phenoxy) is 1. The number of rotatable bonds is 22. The van der Waals surface area contributed by atoms with Crippen molar-refractivity contribution >= 4 is 0 Å². The molecule has 0 saturated heterocycles. The summed E-state index contributed by atoms with van der Waals surface area (Å²) in [7, 11) is 0. The van der Waals surface area contributed by atoms with Crippen LogP contribution in [-0.4, -0.2) is 61.3 Å². The van der Waals surface area contributed by atoms with Crippen LogP contribution in [-0.2, 0) is 4.74 Å². The lowest BCUT2D eigenvalue weighted by Crippen LogP contribution is -2.41. The third kappa shape index (κ3) is 15.0. The van der Waals surface area contributed by atoms with Crippen LogP contribution in [0.1, 0.15) is 155 Å². The molecule has 2 fully saturated rings. The molecular weight excluding hydrogens is 428 g/mol. The molecule has 0 atom stereocenters. The van der Waals surface area contributed by atoms with Gasteiger partial charge in [0.2, 0.25) is 0 Å².